The van der Waals surface area contributed by atoms with Crippen molar-refractivity contribution in [3.05, 3.63) is 81.6 Å². The Labute approximate surface area is 184 Å². The van der Waals surface area contributed by atoms with Crippen molar-refractivity contribution in [1.82, 2.24) is 0 Å². The lowest BCUT2D eigenvalue weighted by Gasteiger charge is -2.14. The fourth-order valence-electron chi connectivity index (χ4n) is 2.60. The highest BCUT2D eigenvalue weighted by Crippen LogP contribution is 2.38. The molecule has 1 heterocycles. The number of benzene rings is 2. The largest absolute Gasteiger partial charge is 0.479 e. The van der Waals surface area contributed by atoms with E-state index in [1.807, 2.05) is 0 Å². The van der Waals surface area contributed by atoms with Gasteiger partial charge in [0.25, 0.3) is 5.91 Å². The minimum atomic E-state index is -5.82. The number of furan rings is 1. The first kappa shape index (κ1) is 25.8. The van der Waals surface area contributed by atoms with E-state index in [0.717, 1.165) is 6.07 Å². The van der Waals surface area contributed by atoms with Gasteiger partial charge in [-0.05, 0) is 12.1 Å². The summed E-state index contributed by atoms with van der Waals surface area (Å²) >= 11 is 0. The molecule has 0 saturated heterocycles. The topological polar surface area (TPSA) is 51.5 Å². The standard InChI is InChI=1S/C19H5F12NO3/c20-7-6(19(29,30)31)8(21)13(26)16(12(7)25)32-18(33)5-2-1-4(35-5)3-34-17-14(27)10(23)9(22)11(24)15(17)28/h1-2H,3H2,(H,32,33). The highest BCUT2D eigenvalue weighted by atomic mass is 19.4. The van der Waals surface area contributed by atoms with Crippen molar-refractivity contribution >= 4 is 11.6 Å². The molecule has 0 aliphatic carbocycles. The minimum absolute atomic E-state index is 0.537. The van der Waals surface area contributed by atoms with Crippen LogP contribution in [0, 0.1) is 52.4 Å². The average molecular weight is 523 g/mol. The summed E-state index contributed by atoms with van der Waals surface area (Å²) in [4.78, 5) is 12.0. The third kappa shape index (κ3) is 4.59. The first-order valence-electron chi connectivity index (χ1n) is 8.64. The SMILES string of the molecule is O=C(Nc1c(F)c(F)c(C(F)(F)F)c(F)c1F)c1ccc(COc2c(F)c(F)c(F)c(F)c2F)o1. The highest BCUT2D eigenvalue weighted by molar-refractivity contribution is 6.02. The fraction of sp³-hybridized carbons (Fsp3) is 0.105. The maximum Gasteiger partial charge on any atom is 0.422 e. The van der Waals surface area contributed by atoms with Crippen molar-refractivity contribution in [2.24, 2.45) is 0 Å². The molecule has 0 atom stereocenters. The average Bonchev–Trinajstić information content (AvgIpc) is 3.26. The van der Waals surface area contributed by atoms with Crippen LogP contribution in [-0.4, -0.2) is 5.91 Å². The number of hydrogen-bond acceptors (Lipinski definition) is 3. The maximum absolute atomic E-state index is 13.9. The molecule has 0 radical (unpaired) electrons. The first-order valence-corrected chi connectivity index (χ1v) is 8.64. The van der Waals surface area contributed by atoms with Crippen LogP contribution in [0.4, 0.5) is 58.4 Å². The Morgan fingerprint density at radius 3 is 1.71 bits per heavy atom. The van der Waals surface area contributed by atoms with Crippen LogP contribution in [0.25, 0.3) is 0 Å². The Morgan fingerprint density at radius 2 is 1.23 bits per heavy atom. The molecule has 3 rings (SSSR count). The van der Waals surface area contributed by atoms with Gasteiger partial charge in [-0.25, -0.2) is 30.7 Å². The van der Waals surface area contributed by atoms with Crippen molar-refractivity contribution < 1.29 is 66.6 Å². The van der Waals surface area contributed by atoms with Gasteiger partial charge in [-0.1, -0.05) is 0 Å². The van der Waals surface area contributed by atoms with Crippen LogP contribution in [0.3, 0.4) is 0 Å². The van der Waals surface area contributed by atoms with Gasteiger partial charge >= 0.3 is 6.18 Å². The normalized spacial score (nSPS) is 11.7. The number of rotatable bonds is 5. The zero-order valence-electron chi connectivity index (χ0n) is 16.1. The zero-order valence-corrected chi connectivity index (χ0v) is 16.1. The molecule has 3 aromatic rings. The molecule has 188 valence electrons. The second-order valence-corrected chi connectivity index (χ2v) is 6.41. The van der Waals surface area contributed by atoms with Crippen LogP contribution in [-0.2, 0) is 12.8 Å². The van der Waals surface area contributed by atoms with Crippen LogP contribution in [0.2, 0.25) is 0 Å². The molecule has 0 fully saturated rings. The van der Waals surface area contributed by atoms with Crippen LogP contribution >= 0.6 is 0 Å². The summed E-state index contributed by atoms with van der Waals surface area (Å²) in [6, 6.07) is 1.53. The number of ether oxygens (including phenoxy) is 1. The molecule has 1 aromatic heterocycles. The minimum Gasteiger partial charge on any atom is -0.479 e. The first-order chi connectivity index (χ1) is 16.2. The molecule has 0 unspecified atom stereocenters. The molecule has 35 heavy (non-hydrogen) atoms. The summed E-state index contributed by atoms with van der Waals surface area (Å²) in [5.74, 6) is -27.5. The smallest absolute Gasteiger partial charge is 0.422 e. The second-order valence-electron chi connectivity index (χ2n) is 6.41. The van der Waals surface area contributed by atoms with Gasteiger partial charge in [-0.3, -0.25) is 4.79 Å². The summed E-state index contributed by atoms with van der Waals surface area (Å²) in [7, 11) is 0. The van der Waals surface area contributed by atoms with Crippen LogP contribution < -0.4 is 10.1 Å². The van der Waals surface area contributed by atoms with Gasteiger partial charge in [0.2, 0.25) is 29.1 Å². The van der Waals surface area contributed by atoms with E-state index in [0.29, 0.717) is 6.07 Å². The lowest BCUT2D eigenvalue weighted by atomic mass is 10.1. The van der Waals surface area contributed by atoms with Gasteiger partial charge in [0.15, 0.2) is 34.8 Å². The number of carbonyl (C=O) groups is 1. The third-order valence-corrected chi connectivity index (χ3v) is 4.20. The molecule has 1 N–H and O–H groups in total. The number of amides is 1. The molecule has 0 aliphatic rings. The van der Waals surface area contributed by atoms with Crippen molar-refractivity contribution in [2.75, 3.05) is 5.32 Å². The zero-order chi connectivity index (χ0) is 26.4. The molecule has 2 aromatic carbocycles. The van der Waals surface area contributed by atoms with Gasteiger partial charge in [0, 0.05) is 0 Å². The number of anilines is 1. The lowest BCUT2D eigenvalue weighted by Crippen LogP contribution is -2.20. The predicted molar refractivity (Wildman–Crippen MR) is 88.5 cm³/mol. The van der Waals surface area contributed by atoms with Crippen molar-refractivity contribution in [3.63, 3.8) is 0 Å². The number of hydrogen-bond donors (Lipinski definition) is 1. The van der Waals surface area contributed by atoms with Crippen molar-refractivity contribution in [2.45, 2.75) is 12.8 Å². The molecular weight excluding hydrogens is 518 g/mol. The Kier molecular flexibility index (Phi) is 6.68. The van der Waals surface area contributed by atoms with E-state index < -0.39 is 99.6 Å². The molecule has 0 aliphatic heterocycles. The summed E-state index contributed by atoms with van der Waals surface area (Å²) in [5, 5.41) is 1.25. The van der Waals surface area contributed by atoms with Gasteiger partial charge in [-0.15, -0.1) is 0 Å². The van der Waals surface area contributed by atoms with E-state index in [-0.39, 0.29) is 0 Å². The molecule has 0 spiro atoms. The van der Waals surface area contributed by atoms with Crippen LogP contribution in [0.5, 0.6) is 5.75 Å². The van der Waals surface area contributed by atoms with E-state index in [4.69, 9.17) is 4.42 Å². The Morgan fingerprint density at radius 1 is 0.743 bits per heavy atom. The third-order valence-electron chi connectivity index (χ3n) is 4.20. The quantitative estimate of drug-likeness (QED) is 0.240. The second kappa shape index (κ2) is 9.07. The summed E-state index contributed by atoms with van der Waals surface area (Å²) < 4.78 is 169. The number of alkyl halides is 3. The predicted octanol–water partition coefficient (Wildman–Crippen LogP) is 6.38. The Bertz CT molecular complexity index is 1270. The Hall–Kier alpha value is -3.85. The van der Waals surface area contributed by atoms with Crippen LogP contribution in [0.15, 0.2) is 16.5 Å². The molecule has 0 saturated carbocycles. The molecular formula is C19H5F12NO3. The van der Waals surface area contributed by atoms with Crippen LogP contribution in [0.1, 0.15) is 21.9 Å². The highest BCUT2D eigenvalue weighted by Gasteiger charge is 2.42. The van der Waals surface area contributed by atoms with Gasteiger partial charge in [0.05, 0.1) is 0 Å². The fourth-order valence-corrected chi connectivity index (χ4v) is 2.60. The van der Waals surface area contributed by atoms with E-state index >= 15 is 0 Å². The van der Waals surface area contributed by atoms with Gasteiger partial charge in [-0.2, -0.15) is 22.0 Å². The van der Waals surface area contributed by atoms with Crippen molar-refractivity contribution in [3.8, 4) is 5.75 Å². The van der Waals surface area contributed by atoms with Gasteiger partial charge in [0.1, 0.15) is 23.6 Å². The molecule has 0 bridgehead atoms. The van der Waals surface area contributed by atoms with E-state index in [2.05, 4.69) is 4.74 Å². The summed E-state index contributed by atoms with van der Waals surface area (Å²) in [6.07, 6.45) is -5.82. The van der Waals surface area contributed by atoms with Gasteiger partial charge < -0.3 is 14.5 Å². The van der Waals surface area contributed by atoms with E-state index in [1.54, 1.807) is 0 Å². The monoisotopic (exact) mass is 523 g/mol. The molecule has 1 amide bonds. The summed E-state index contributed by atoms with van der Waals surface area (Å²) in [6.45, 7) is -1.06. The van der Waals surface area contributed by atoms with E-state index in [1.165, 1.54) is 5.32 Å². The molecule has 4 nitrogen and oxygen atoms in total. The van der Waals surface area contributed by atoms with Crippen molar-refractivity contribution in [1.29, 1.82) is 0 Å². The molecule has 16 heteroatoms. The lowest BCUT2D eigenvalue weighted by molar-refractivity contribution is -0.143. The Balaban J connectivity index is 1.82. The number of nitrogens with one attached hydrogen (secondary N) is 1. The summed E-state index contributed by atoms with van der Waals surface area (Å²) in [5.41, 5.74) is -4.82. The number of halogens is 12. The number of carbonyl (C=O) groups excluding carboxylic acids is 1. The maximum atomic E-state index is 13.9. The van der Waals surface area contributed by atoms with E-state index in [9.17, 15) is 57.5 Å².